The standard InChI is InChI=1S/C23H24N2O5/c26-22-7-4-10-24(22)14-23(27)25-12-20(16-5-2-1-3-6-16)30-21(13-25)17-8-9-18-19(11-17)29-15-28-18/h1-3,5-6,8-9,11,20-21H,4,7,10,12-15H2/t20-,21+/m0/s1. The van der Waals surface area contributed by atoms with E-state index in [0.29, 0.717) is 31.8 Å². The summed E-state index contributed by atoms with van der Waals surface area (Å²) < 4.78 is 17.3. The Balaban J connectivity index is 1.39. The number of benzene rings is 2. The van der Waals surface area contributed by atoms with Gasteiger partial charge in [-0.15, -0.1) is 0 Å². The van der Waals surface area contributed by atoms with E-state index in [-0.39, 0.29) is 37.4 Å². The molecule has 5 rings (SSSR count). The van der Waals surface area contributed by atoms with Crippen molar-refractivity contribution in [2.75, 3.05) is 33.0 Å². The minimum Gasteiger partial charge on any atom is -0.454 e. The Morgan fingerprint density at radius 1 is 0.967 bits per heavy atom. The fourth-order valence-electron chi connectivity index (χ4n) is 4.25. The molecule has 0 bridgehead atoms. The molecule has 2 aromatic rings. The average Bonchev–Trinajstić information content (AvgIpc) is 3.42. The second-order valence-corrected chi connectivity index (χ2v) is 7.85. The van der Waals surface area contributed by atoms with Crippen molar-refractivity contribution in [2.24, 2.45) is 0 Å². The van der Waals surface area contributed by atoms with Gasteiger partial charge in [-0.1, -0.05) is 36.4 Å². The molecule has 2 fully saturated rings. The quantitative estimate of drug-likeness (QED) is 0.778. The highest BCUT2D eigenvalue weighted by Gasteiger charge is 2.34. The summed E-state index contributed by atoms with van der Waals surface area (Å²) in [7, 11) is 0. The lowest BCUT2D eigenvalue weighted by atomic mass is 10.0. The third-order valence-corrected chi connectivity index (χ3v) is 5.89. The molecule has 0 aromatic heterocycles. The minimum atomic E-state index is -0.295. The van der Waals surface area contributed by atoms with E-state index in [2.05, 4.69) is 0 Å². The first kappa shape index (κ1) is 18.9. The molecule has 3 aliphatic rings. The largest absolute Gasteiger partial charge is 0.454 e. The van der Waals surface area contributed by atoms with Crippen molar-refractivity contribution in [2.45, 2.75) is 25.0 Å². The monoisotopic (exact) mass is 408 g/mol. The summed E-state index contributed by atoms with van der Waals surface area (Å²) in [5, 5.41) is 0. The summed E-state index contributed by atoms with van der Waals surface area (Å²) in [6.45, 7) is 1.90. The van der Waals surface area contributed by atoms with E-state index in [1.54, 1.807) is 4.90 Å². The van der Waals surface area contributed by atoms with Crippen LogP contribution in [-0.2, 0) is 14.3 Å². The predicted octanol–water partition coefficient (Wildman–Crippen LogP) is 2.68. The maximum Gasteiger partial charge on any atom is 0.242 e. The molecule has 2 saturated heterocycles. The van der Waals surface area contributed by atoms with Gasteiger partial charge in [-0.25, -0.2) is 0 Å². The molecule has 7 nitrogen and oxygen atoms in total. The Bertz CT molecular complexity index is 948. The number of rotatable bonds is 4. The number of ether oxygens (including phenoxy) is 3. The van der Waals surface area contributed by atoms with Crippen LogP contribution in [0.5, 0.6) is 11.5 Å². The van der Waals surface area contributed by atoms with E-state index in [1.807, 2.05) is 53.4 Å². The van der Waals surface area contributed by atoms with Crippen LogP contribution in [0.4, 0.5) is 0 Å². The zero-order chi connectivity index (χ0) is 20.5. The van der Waals surface area contributed by atoms with E-state index in [4.69, 9.17) is 14.2 Å². The Morgan fingerprint density at radius 2 is 1.73 bits per heavy atom. The van der Waals surface area contributed by atoms with Crippen LogP contribution in [0.2, 0.25) is 0 Å². The summed E-state index contributed by atoms with van der Waals surface area (Å²) in [6, 6.07) is 15.7. The molecule has 3 aliphatic heterocycles. The van der Waals surface area contributed by atoms with Crippen molar-refractivity contribution in [3.05, 3.63) is 59.7 Å². The van der Waals surface area contributed by atoms with Gasteiger partial charge in [-0.2, -0.15) is 0 Å². The molecular weight excluding hydrogens is 384 g/mol. The Labute approximate surface area is 175 Å². The second-order valence-electron chi connectivity index (χ2n) is 7.85. The maximum atomic E-state index is 13.1. The van der Waals surface area contributed by atoms with Crippen molar-refractivity contribution in [3.63, 3.8) is 0 Å². The van der Waals surface area contributed by atoms with E-state index >= 15 is 0 Å². The van der Waals surface area contributed by atoms with E-state index in [9.17, 15) is 9.59 Å². The lowest BCUT2D eigenvalue weighted by Crippen LogP contribution is -2.47. The normalized spacial score (nSPS) is 23.1. The van der Waals surface area contributed by atoms with Crippen molar-refractivity contribution in [1.82, 2.24) is 9.80 Å². The van der Waals surface area contributed by atoms with Gasteiger partial charge < -0.3 is 24.0 Å². The number of carbonyl (C=O) groups is 2. The third kappa shape index (κ3) is 3.73. The number of hydrogen-bond donors (Lipinski definition) is 0. The van der Waals surface area contributed by atoms with Gasteiger partial charge in [0.1, 0.15) is 12.2 Å². The molecule has 0 radical (unpaired) electrons. The van der Waals surface area contributed by atoms with Crippen LogP contribution in [0.15, 0.2) is 48.5 Å². The first-order chi connectivity index (χ1) is 14.7. The summed E-state index contributed by atoms with van der Waals surface area (Å²) in [4.78, 5) is 28.5. The van der Waals surface area contributed by atoms with Gasteiger partial charge in [0.15, 0.2) is 11.5 Å². The number of likely N-dealkylation sites (tertiary alicyclic amines) is 1. The Hall–Kier alpha value is -3.06. The van der Waals surface area contributed by atoms with E-state index in [1.165, 1.54) is 0 Å². The summed E-state index contributed by atoms with van der Waals surface area (Å²) in [6.07, 6.45) is 0.815. The van der Waals surface area contributed by atoms with Crippen LogP contribution in [-0.4, -0.2) is 54.6 Å². The van der Waals surface area contributed by atoms with Gasteiger partial charge in [0.25, 0.3) is 0 Å². The van der Waals surface area contributed by atoms with Crippen LogP contribution in [0.3, 0.4) is 0 Å². The number of fused-ring (bicyclic) bond motifs is 1. The average molecular weight is 408 g/mol. The molecule has 2 aromatic carbocycles. The fraction of sp³-hybridized carbons (Fsp3) is 0.391. The van der Waals surface area contributed by atoms with Gasteiger partial charge in [-0.3, -0.25) is 9.59 Å². The maximum absolute atomic E-state index is 13.1. The topological polar surface area (TPSA) is 68.3 Å². The number of amides is 2. The predicted molar refractivity (Wildman–Crippen MR) is 108 cm³/mol. The van der Waals surface area contributed by atoms with Crippen molar-refractivity contribution >= 4 is 11.8 Å². The van der Waals surface area contributed by atoms with Crippen molar-refractivity contribution in [3.8, 4) is 11.5 Å². The molecular formula is C23H24N2O5. The Morgan fingerprint density at radius 3 is 2.50 bits per heavy atom. The van der Waals surface area contributed by atoms with Gasteiger partial charge in [-0.05, 0) is 29.7 Å². The molecule has 0 spiro atoms. The van der Waals surface area contributed by atoms with Crippen LogP contribution in [0, 0.1) is 0 Å². The van der Waals surface area contributed by atoms with Crippen molar-refractivity contribution < 1.29 is 23.8 Å². The van der Waals surface area contributed by atoms with Crippen LogP contribution >= 0.6 is 0 Å². The Kier molecular flexibility index (Phi) is 5.04. The fourth-order valence-corrected chi connectivity index (χ4v) is 4.25. The van der Waals surface area contributed by atoms with Gasteiger partial charge in [0.2, 0.25) is 18.6 Å². The van der Waals surface area contributed by atoms with Crippen molar-refractivity contribution in [1.29, 1.82) is 0 Å². The molecule has 0 aliphatic carbocycles. The SMILES string of the molecule is O=C1CCCN1CC(=O)N1C[C@@H](c2ccccc2)O[C@@H](c2ccc3c(c2)OCO3)C1. The molecule has 2 atom stereocenters. The lowest BCUT2D eigenvalue weighted by Gasteiger charge is -2.39. The molecule has 30 heavy (non-hydrogen) atoms. The van der Waals surface area contributed by atoms with Crippen LogP contribution in [0.25, 0.3) is 0 Å². The summed E-state index contributed by atoms with van der Waals surface area (Å²) >= 11 is 0. The lowest BCUT2D eigenvalue weighted by molar-refractivity contribution is -0.150. The molecule has 0 saturated carbocycles. The number of nitrogens with zero attached hydrogens (tertiary/aromatic N) is 2. The number of hydrogen-bond acceptors (Lipinski definition) is 5. The smallest absolute Gasteiger partial charge is 0.242 e. The summed E-state index contributed by atoms with van der Waals surface area (Å²) in [5.41, 5.74) is 1.97. The molecule has 0 unspecified atom stereocenters. The molecule has 3 heterocycles. The molecule has 2 amide bonds. The second kappa shape index (κ2) is 7.99. The van der Waals surface area contributed by atoms with Gasteiger partial charge in [0.05, 0.1) is 19.6 Å². The van der Waals surface area contributed by atoms with Gasteiger partial charge >= 0.3 is 0 Å². The zero-order valence-electron chi connectivity index (χ0n) is 16.7. The number of carbonyl (C=O) groups excluding carboxylic acids is 2. The highest BCUT2D eigenvalue weighted by Crippen LogP contribution is 2.38. The third-order valence-electron chi connectivity index (χ3n) is 5.89. The zero-order valence-corrected chi connectivity index (χ0v) is 16.7. The summed E-state index contributed by atoms with van der Waals surface area (Å²) in [5.74, 6) is 1.43. The minimum absolute atomic E-state index is 0.0415. The van der Waals surface area contributed by atoms with E-state index < -0.39 is 0 Å². The molecule has 156 valence electrons. The molecule has 7 heteroatoms. The van der Waals surface area contributed by atoms with Crippen LogP contribution < -0.4 is 9.47 Å². The highest BCUT2D eigenvalue weighted by molar-refractivity contribution is 5.86. The van der Waals surface area contributed by atoms with Crippen LogP contribution in [0.1, 0.15) is 36.2 Å². The van der Waals surface area contributed by atoms with E-state index in [0.717, 1.165) is 23.3 Å². The first-order valence-corrected chi connectivity index (χ1v) is 10.3. The molecule has 0 N–H and O–H groups in total. The highest BCUT2D eigenvalue weighted by atomic mass is 16.7. The number of morpholine rings is 1. The first-order valence-electron chi connectivity index (χ1n) is 10.3. The van der Waals surface area contributed by atoms with Gasteiger partial charge in [0, 0.05) is 13.0 Å².